The van der Waals surface area contributed by atoms with Gasteiger partial charge in [0.05, 0.1) is 11.6 Å². The van der Waals surface area contributed by atoms with Gasteiger partial charge in [-0.05, 0) is 60.9 Å². The molecule has 4 aromatic rings. The first-order valence-electron chi connectivity index (χ1n) is 9.68. The number of nitriles is 1. The molecule has 4 rings (SSSR count). The molecule has 0 amide bonds. The molecule has 0 unspecified atom stereocenters. The molecule has 3 aromatic heterocycles. The summed E-state index contributed by atoms with van der Waals surface area (Å²) in [7, 11) is 0. The number of nitrogens with zero attached hydrogens (tertiary/aromatic N) is 4. The quantitative estimate of drug-likeness (QED) is 0.505. The summed E-state index contributed by atoms with van der Waals surface area (Å²) >= 11 is 0. The van der Waals surface area contributed by atoms with Gasteiger partial charge in [0.2, 0.25) is 0 Å². The van der Waals surface area contributed by atoms with E-state index < -0.39 is 23.2 Å². The third-order valence-electron chi connectivity index (χ3n) is 5.11. The molecular formula is C23H18F2N6O. The summed E-state index contributed by atoms with van der Waals surface area (Å²) in [6, 6.07) is 10.2. The Kier molecular flexibility index (Phi) is 5.28. The third kappa shape index (κ3) is 3.74. The number of benzene rings is 1. The van der Waals surface area contributed by atoms with Gasteiger partial charge in [-0.25, -0.2) is 18.7 Å². The molecule has 7 nitrogen and oxygen atoms in total. The van der Waals surface area contributed by atoms with Crippen LogP contribution in [0.3, 0.4) is 0 Å². The Bertz CT molecular complexity index is 1440. The number of aryl methyl sites for hydroxylation is 1. The minimum absolute atomic E-state index is 0.0206. The lowest BCUT2D eigenvalue weighted by atomic mass is 9.95. The van der Waals surface area contributed by atoms with Gasteiger partial charge in [-0.1, -0.05) is 6.07 Å². The number of aromatic nitrogens is 3. The number of nitrogens with one attached hydrogen (secondary N) is 1. The van der Waals surface area contributed by atoms with Crippen LogP contribution in [0.5, 0.6) is 0 Å². The highest BCUT2D eigenvalue weighted by Gasteiger charge is 2.21. The standard InChI is InChI=1S/C23H18F2N6O/c1-12-5-14(7-16(25)6-12)20-18(8-17-4-3-15(24)10-31(17)23(20)32)13(2)30-22-19(9-26)21(27)28-11-29-22/h3-8,10-11,13H,1-2H3,(H3,27,28,29,30)/t13-/m0/s1. The lowest BCUT2D eigenvalue weighted by Gasteiger charge is -2.20. The lowest BCUT2D eigenvalue weighted by molar-refractivity contribution is 0.618. The van der Waals surface area contributed by atoms with Gasteiger partial charge in [-0.2, -0.15) is 5.26 Å². The third-order valence-corrected chi connectivity index (χ3v) is 5.11. The van der Waals surface area contributed by atoms with Crippen molar-refractivity contribution in [1.29, 1.82) is 5.26 Å². The molecule has 32 heavy (non-hydrogen) atoms. The number of fused-ring (bicyclic) bond motifs is 1. The van der Waals surface area contributed by atoms with E-state index in [0.717, 1.165) is 6.20 Å². The lowest BCUT2D eigenvalue weighted by Crippen LogP contribution is -2.21. The summed E-state index contributed by atoms with van der Waals surface area (Å²) in [5, 5.41) is 12.5. The van der Waals surface area contributed by atoms with Crippen molar-refractivity contribution < 1.29 is 8.78 Å². The average Bonchev–Trinajstić information content (AvgIpc) is 2.73. The molecule has 3 heterocycles. The Morgan fingerprint density at radius 2 is 1.94 bits per heavy atom. The summed E-state index contributed by atoms with van der Waals surface area (Å²) in [4.78, 5) is 21.3. The van der Waals surface area contributed by atoms with E-state index >= 15 is 0 Å². The molecule has 160 valence electrons. The van der Waals surface area contributed by atoms with Crippen molar-refractivity contribution in [2.45, 2.75) is 19.9 Å². The number of halogens is 2. The maximum Gasteiger partial charge on any atom is 0.263 e. The maximum absolute atomic E-state index is 14.2. The fourth-order valence-electron chi connectivity index (χ4n) is 3.67. The van der Waals surface area contributed by atoms with E-state index in [1.807, 2.05) is 6.07 Å². The summed E-state index contributed by atoms with van der Waals surface area (Å²) in [6.07, 6.45) is 2.31. The van der Waals surface area contributed by atoms with Crippen LogP contribution < -0.4 is 16.6 Å². The zero-order valence-electron chi connectivity index (χ0n) is 17.2. The summed E-state index contributed by atoms with van der Waals surface area (Å²) < 4.78 is 29.2. The van der Waals surface area contributed by atoms with Crippen LogP contribution in [0.1, 0.15) is 29.7 Å². The molecule has 0 saturated heterocycles. The first-order valence-corrected chi connectivity index (χ1v) is 9.68. The van der Waals surface area contributed by atoms with E-state index in [4.69, 9.17) is 5.73 Å². The van der Waals surface area contributed by atoms with Crippen LogP contribution in [0.2, 0.25) is 0 Å². The van der Waals surface area contributed by atoms with Crippen molar-refractivity contribution in [2.75, 3.05) is 11.1 Å². The Labute approximate surface area is 181 Å². The second-order valence-corrected chi connectivity index (χ2v) is 7.40. The van der Waals surface area contributed by atoms with Crippen LogP contribution in [0, 0.1) is 29.9 Å². The van der Waals surface area contributed by atoms with Gasteiger partial charge in [-0.3, -0.25) is 9.20 Å². The molecular weight excluding hydrogens is 414 g/mol. The summed E-state index contributed by atoms with van der Waals surface area (Å²) in [6.45, 7) is 3.49. The minimum Gasteiger partial charge on any atom is -0.382 e. The molecule has 0 fully saturated rings. The molecule has 0 spiro atoms. The van der Waals surface area contributed by atoms with Crippen molar-refractivity contribution >= 4 is 17.2 Å². The average molecular weight is 432 g/mol. The summed E-state index contributed by atoms with van der Waals surface area (Å²) in [5.74, 6) is -0.846. The molecule has 0 radical (unpaired) electrons. The van der Waals surface area contributed by atoms with E-state index in [1.54, 1.807) is 26.0 Å². The Morgan fingerprint density at radius 1 is 1.16 bits per heavy atom. The predicted molar refractivity (Wildman–Crippen MR) is 117 cm³/mol. The van der Waals surface area contributed by atoms with Gasteiger partial charge >= 0.3 is 0 Å². The monoisotopic (exact) mass is 432 g/mol. The van der Waals surface area contributed by atoms with Crippen molar-refractivity contribution in [3.63, 3.8) is 0 Å². The van der Waals surface area contributed by atoms with Crippen LogP contribution >= 0.6 is 0 Å². The molecule has 0 aliphatic rings. The van der Waals surface area contributed by atoms with E-state index in [1.165, 1.54) is 35.0 Å². The Balaban J connectivity index is 1.96. The molecule has 1 aromatic carbocycles. The highest BCUT2D eigenvalue weighted by atomic mass is 19.1. The van der Waals surface area contributed by atoms with Crippen LogP contribution in [-0.4, -0.2) is 14.4 Å². The van der Waals surface area contributed by atoms with Crippen LogP contribution in [0.15, 0.2) is 53.7 Å². The van der Waals surface area contributed by atoms with Gasteiger partial charge in [0, 0.05) is 11.7 Å². The predicted octanol–water partition coefficient (Wildman–Crippen LogP) is 3.97. The number of anilines is 2. The largest absolute Gasteiger partial charge is 0.382 e. The van der Waals surface area contributed by atoms with Crippen LogP contribution in [0.25, 0.3) is 16.6 Å². The minimum atomic E-state index is -0.574. The van der Waals surface area contributed by atoms with Crippen molar-refractivity contribution in [2.24, 2.45) is 0 Å². The number of hydrogen-bond donors (Lipinski definition) is 2. The fourth-order valence-corrected chi connectivity index (χ4v) is 3.67. The van der Waals surface area contributed by atoms with Crippen molar-refractivity contribution in [1.82, 2.24) is 14.4 Å². The number of pyridine rings is 2. The molecule has 1 atom stereocenters. The normalized spacial score (nSPS) is 11.8. The number of rotatable bonds is 4. The van der Waals surface area contributed by atoms with E-state index in [9.17, 15) is 18.8 Å². The molecule has 0 saturated carbocycles. The van der Waals surface area contributed by atoms with Gasteiger partial charge in [0.15, 0.2) is 0 Å². The van der Waals surface area contributed by atoms with Crippen molar-refractivity contribution in [3.05, 3.63) is 87.6 Å². The summed E-state index contributed by atoms with van der Waals surface area (Å²) in [5.41, 5.74) is 7.51. The first-order chi connectivity index (χ1) is 15.3. The molecule has 0 aliphatic carbocycles. The zero-order valence-corrected chi connectivity index (χ0v) is 17.2. The first kappa shape index (κ1) is 20.9. The van der Waals surface area contributed by atoms with Crippen LogP contribution in [-0.2, 0) is 0 Å². The van der Waals surface area contributed by atoms with E-state index in [-0.39, 0.29) is 22.8 Å². The number of nitrogens with two attached hydrogens (primary N) is 1. The Morgan fingerprint density at radius 3 is 2.66 bits per heavy atom. The molecule has 3 N–H and O–H groups in total. The highest BCUT2D eigenvalue weighted by Crippen LogP contribution is 2.31. The Hall–Kier alpha value is -4.32. The fraction of sp³-hybridized carbons (Fsp3) is 0.130. The van der Waals surface area contributed by atoms with E-state index in [2.05, 4.69) is 15.3 Å². The number of hydrogen-bond acceptors (Lipinski definition) is 6. The highest BCUT2D eigenvalue weighted by molar-refractivity contribution is 5.72. The van der Waals surface area contributed by atoms with Crippen LogP contribution in [0.4, 0.5) is 20.4 Å². The zero-order chi connectivity index (χ0) is 23.0. The maximum atomic E-state index is 14.2. The van der Waals surface area contributed by atoms with Gasteiger partial charge in [-0.15, -0.1) is 0 Å². The second kappa shape index (κ2) is 8.07. The van der Waals surface area contributed by atoms with Gasteiger partial charge in [0.1, 0.15) is 41.2 Å². The number of nitrogen functional groups attached to an aromatic ring is 1. The molecule has 0 bridgehead atoms. The smallest absolute Gasteiger partial charge is 0.263 e. The topological polar surface area (TPSA) is 109 Å². The molecule has 0 aliphatic heterocycles. The SMILES string of the molecule is Cc1cc(F)cc(-c2c([C@H](C)Nc3ncnc(N)c3C#N)cc3ccc(F)cn3c2=O)c1. The van der Waals surface area contributed by atoms with Crippen molar-refractivity contribution in [3.8, 4) is 17.2 Å². The second-order valence-electron chi connectivity index (χ2n) is 7.40. The van der Waals surface area contributed by atoms with Gasteiger partial charge in [0.25, 0.3) is 5.56 Å². The van der Waals surface area contributed by atoms with Gasteiger partial charge < -0.3 is 11.1 Å². The van der Waals surface area contributed by atoms with E-state index in [0.29, 0.717) is 22.2 Å². The molecule has 9 heteroatoms.